The summed E-state index contributed by atoms with van der Waals surface area (Å²) >= 11 is 0. The van der Waals surface area contributed by atoms with E-state index >= 15 is 0 Å². The number of benzene rings is 2. The van der Waals surface area contributed by atoms with Gasteiger partial charge in [0.25, 0.3) is 5.91 Å². The van der Waals surface area contributed by atoms with Gasteiger partial charge in [-0.3, -0.25) is 9.59 Å². The molecule has 24 heavy (non-hydrogen) atoms. The Morgan fingerprint density at radius 1 is 1.12 bits per heavy atom. The van der Waals surface area contributed by atoms with Crippen molar-refractivity contribution in [3.63, 3.8) is 0 Å². The van der Waals surface area contributed by atoms with Crippen molar-refractivity contribution < 1.29 is 23.5 Å². The fraction of sp³-hybridized carbons (Fsp3) is 0.222. The number of anilines is 1. The molecule has 126 valence electrons. The van der Waals surface area contributed by atoms with Crippen molar-refractivity contribution in [1.29, 1.82) is 0 Å². The van der Waals surface area contributed by atoms with Crippen molar-refractivity contribution in [2.75, 3.05) is 12.4 Å². The van der Waals surface area contributed by atoms with Crippen molar-refractivity contribution in [3.8, 4) is 5.75 Å². The average molecular weight is 331 g/mol. The number of amides is 1. The minimum Gasteiger partial charge on any atom is -0.495 e. The minimum absolute atomic E-state index is 0.222. The molecule has 0 fully saturated rings. The van der Waals surface area contributed by atoms with Gasteiger partial charge in [-0.2, -0.15) is 0 Å². The molecule has 0 aliphatic rings. The van der Waals surface area contributed by atoms with Gasteiger partial charge >= 0.3 is 5.97 Å². The number of carbonyl (C=O) groups is 2. The monoisotopic (exact) mass is 331 g/mol. The molecule has 0 saturated carbocycles. The lowest BCUT2D eigenvalue weighted by Gasteiger charge is -2.15. The molecule has 0 spiro atoms. The van der Waals surface area contributed by atoms with Crippen LogP contribution < -0.4 is 10.1 Å². The number of hydrogen-bond acceptors (Lipinski definition) is 4. The second kappa shape index (κ2) is 8.10. The third kappa shape index (κ3) is 4.55. The summed E-state index contributed by atoms with van der Waals surface area (Å²) in [5, 5.41) is 2.63. The molecule has 0 bridgehead atoms. The first-order valence-corrected chi connectivity index (χ1v) is 7.38. The van der Waals surface area contributed by atoms with E-state index in [1.165, 1.54) is 32.2 Å². The number of hydrogen-bond donors (Lipinski definition) is 1. The molecule has 1 atom stereocenters. The Labute approximate surface area is 139 Å². The van der Waals surface area contributed by atoms with E-state index in [0.29, 0.717) is 11.4 Å². The third-order valence-electron chi connectivity index (χ3n) is 3.33. The van der Waals surface area contributed by atoms with Crippen LogP contribution in [0.25, 0.3) is 0 Å². The molecule has 0 saturated heterocycles. The summed E-state index contributed by atoms with van der Waals surface area (Å²) in [6.07, 6.45) is -1.26. The van der Waals surface area contributed by atoms with E-state index in [9.17, 15) is 14.0 Å². The third-order valence-corrected chi connectivity index (χ3v) is 3.33. The number of carbonyl (C=O) groups excluding carboxylic acids is 2. The highest BCUT2D eigenvalue weighted by atomic mass is 19.1. The maximum atomic E-state index is 13.5. The van der Waals surface area contributed by atoms with Crippen molar-refractivity contribution in [1.82, 2.24) is 0 Å². The summed E-state index contributed by atoms with van der Waals surface area (Å²) in [6.45, 7) is 1.45. The molecule has 0 heterocycles. The second-order valence-electron chi connectivity index (χ2n) is 5.09. The molecule has 0 aliphatic carbocycles. The molecule has 1 N–H and O–H groups in total. The smallest absolute Gasteiger partial charge is 0.311 e. The van der Waals surface area contributed by atoms with Gasteiger partial charge < -0.3 is 14.8 Å². The van der Waals surface area contributed by atoms with Crippen molar-refractivity contribution in [3.05, 3.63) is 59.9 Å². The first-order chi connectivity index (χ1) is 11.5. The van der Waals surface area contributed by atoms with Gasteiger partial charge in [-0.05, 0) is 30.7 Å². The van der Waals surface area contributed by atoms with Gasteiger partial charge in [-0.1, -0.05) is 30.3 Å². The van der Waals surface area contributed by atoms with Crippen LogP contribution >= 0.6 is 0 Å². The molecule has 1 amide bonds. The SMILES string of the molecule is COc1ccccc1NC(=O)C(C)OC(=O)Cc1ccccc1F. The maximum Gasteiger partial charge on any atom is 0.311 e. The van der Waals surface area contributed by atoms with Crippen molar-refractivity contribution >= 4 is 17.6 Å². The van der Waals surface area contributed by atoms with E-state index in [1.807, 2.05) is 0 Å². The van der Waals surface area contributed by atoms with Gasteiger partial charge in [0, 0.05) is 0 Å². The summed E-state index contributed by atoms with van der Waals surface area (Å²) in [5.74, 6) is -1.17. The minimum atomic E-state index is -1.02. The summed E-state index contributed by atoms with van der Waals surface area (Å²) in [6, 6.07) is 12.8. The number of para-hydroxylation sites is 2. The van der Waals surface area contributed by atoms with Crippen molar-refractivity contribution in [2.45, 2.75) is 19.4 Å². The number of ether oxygens (including phenoxy) is 2. The van der Waals surface area contributed by atoms with Gasteiger partial charge in [-0.15, -0.1) is 0 Å². The maximum absolute atomic E-state index is 13.5. The highest BCUT2D eigenvalue weighted by Gasteiger charge is 2.20. The Morgan fingerprint density at radius 3 is 2.50 bits per heavy atom. The summed E-state index contributed by atoms with van der Waals surface area (Å²) in [4.78, 5) is 24.0. The Bertz CT molecular complexity index is 732. The van der Waals surface area contributed by atoms with E-state index in [-0.39, 0.29) is 12.0 Å². The largest absolute Gasteiger partial charge is 0.495 e. The molecule has 2 aromatic rings. The lowest BCUT2D eigenvalue weighted by Crippen LogP contribution is -2.30. The zero-order valence-electron chi connectivity index (χ0n) is 13.4. The fourth-order valence-corrected chi connectivity index (χ4v) is 2.07. The number of methoxy groups -OCH3 is 1. The van der Waals surface area contributed by atoms with E-state index in [1.54, 1.807) is 30.3 Å². The van der Waals surface area contributed by atoms with Crippen LogP contribution in [0.4, 0.5) is 10.1 Å². The molecule has 0 radical (unpaired) electrons. The second-order valence-corrected chi connectivity index (χ2v) is 5.09. The van der Waals surface area contributed by atoms with Crippen LogP contribution in [-0.4, -0.2) is 25.1 Å². The molecule has 0 aromatic heterocycles. The highest BCUT2D eigenvalue weighted by molar-refractivity contribution is 5.96. The predicted molar refractivity (Wildman–Crippen MR) is 87.3 cm³/mol. The first kappa shape index (κ1) is 17.5. The zero-order chi connectivity index (χ0) is 17.5. The molecule has 2 rings (SSSR count). The average Bonchev–Trinajstić information content (AvgIpc) is 2.57. The standard InChI is InChI=1S/C18H18FNO4/c1-12(18(22)20-15-9-5-6-10-16(15)23-2)24-17(21)11-13-7-3-4-8-14(13)19/h3-10,12H,11H2,1-2H3,(H,20,22). The molecule has 0 aliphatic heterocycles. The lowest BCUT2D eigenvalue weighted by atomic mass is 10.1. The Morgan fingerprint density at radius 2 is 1.79 bits per heavy atom. The van der Waals surface area contributed by atoms with Crippen molar-refractivity contribution in [2.24, 2.45) is 0 Å². The Kier molecular flexibility index (Phi) is 5.89. The number of halogens is 1. The quantitative estimate of drug-likeness (QED) is 0.827. The summed E-state index contributed by atoms with van der Waals surface area (Å²) < 4.78 is 23.7. The normalized spacial score (nSPS) is 11.5. The molecule has 5 nitrogen and oxygen atoms in total. The van der Waals surface area contributed by atoms with Gasteiger partial charge in [0.15, 0.2) is 6.10 Å². The van der Waals surface area contributed by atoms with Crippen LogP contribution in [0.5, 0.6) is 5.75 Å². The van der Waals surface area contributed by atoms with Crippen LogP contribution in [-0.2, 0) is 20.7 Å². The Hall–Kier alpha value is -2.89. The molecule has 1 unspecified atom stereocenters. The van der Waals surface area contributed by atoms with Crippen LogP contribution in [0, 0.1) is 5.82 Å². The van der Waals surface area contributed by atoms with Gasteiger partial charge in [-0.25, -0.2) is 4.39 Å². The lowest BCUT2D eigenvalue weighted by molar-refractivity contribution is -0.152. The summed E-state index contributed by atoms with van der Waals surface area (Å²) in [7, 11) is 1.49. The van der Waals surface area contributed by atoms with E-state index in [0.717, 1.165) is 0 Å². The van der Waals surface area contributed by atoms with E-state index in [4.69, 9.17) is 9.47 Å². The number of esters is 1. The molecular formula is C18H18FNO4. The molecule has 6 heteroatoms. The van der Waals surface area contributed by atoms with E-state index in [2.05, 4.69) is 5.32 Å². The van der Waals surface area contributed by atoms with Crippen LogP contribution in [0.1, 0.15) is 12.5 Å². The zero-order valence-corrected chi connectivity index (χ0v) is 13.4. The number of nitrogens with one attached hydrogen (secondary N) is 1. The predicted octanol–water partition coefficient (Wildman–Crippen LogP) is 2.95. The highest BCUT2D eigenvalue weighted by Crippen LogP contribution is 2.23. The van der Waals surface area contributed by atoms with Crippen LogP contribution in [0.2, 0.25) is 0 Å². The number of rotatable bonds is 6. The molecule has 2 aromatic carbocycles. The molecular weight excluding hydrogens is 313 g/mol. The Balaban J connectivity index is 1.94. The van der Waals surface area contributed by atoms with Gasteiger partial charge in [0.2, 0.25) is 0 Å². The van der Waals surface area contributed by atoms with Crippen LogP contribution in [0.3, 0.4) is 0 Å². The van der Waals surface area contributed by atoms with Crippen LogP contribution in [0.15, 0.2) is 48.5 Å². The first-order valence-electron chi connectivity index (χ1n) is 7.38. The van der Waals surface area contributed by atoms with Gasteiger partial charge in [0.05, 0.1) is 19.2 Å². The topological polar surface area (TPSA) is 64.6 Å². The van der Waals surface area contributed by atoms with Gasteiger partial charge in [0.1, 0.15) is 11.6 Å². The summed E-state index contributed by atoms with van der Waals surface area (Å²) in [5.41, 5.74) is 0.696. The fourth-order valence-electron chi connectivity index (χ4n) is 2.07. The van der Waals surface area contributed by atoms with E-state index < -0.39 is 23.8 Å².